The Balaban J connectivity index is 2.10. The Morgan fingerprint density at radius 3 is 2.71 bits per heavy atom. The third kappa shape index (κ3) is 3.88. The van der Waals surface area contributed by atoms with E-state index in [0.29, 0.717) is 11.3 Å². The number of hydrogen-bond donors (Lipinski definition) is 0. The number of ketones is 1. The predicted octanol–water partition coefficient (Wildman–Crippen LogP) is 3.99. The maximum Gasteiger partial charge on any atom is 0.173 e. The van der Waals surface area contributed by atoms with Crippen LogP contribution in [0, 0.1) is 19.7 Å². The maximum atomic E-state index is 13.7. The second kappa shape index (κ2) is 6.80. The highest BCUT2D eigenvalue weighted by molar-refractivity contribution is 9.09. The van der Waals surface area contributed by atoms with Gasteiger partial charge in [0.05, 0.1) is 5.33 Å². The quantitative estimate of drug-likeness (QED) is 0.603. The molecule has 1 heterocycles. The number of Topliss-reactive ketones (excluding diaryl/α,β-unsaturated/α-hetero) is 1. The summed E-state index contributed by atoms with van der Waals surface area (Å²) in [6, 6.07) is 6.61. The zero-order chi connectivity index (χ0) is 15.4. The second-order valence-corrected chi connectivity index (χ2v) is 5.32. The third-order valence-electron chi connectivity index (χ3n) is 3.05. The minimum atomic E-state index is -0.377. The first kappa shape index (κ1) is 15.6. The number of aryl methyl sites for hydroxylation is 2. The van der Waals surface area contributed by atoms with Gasteiger partial charge in [0, 0.05) is 11.8 Å². The fraction of sp³-hybridized carbons (Fsp3) is 0.250. The van der Waals surface area contributed by atoms with Crippen molar-refractivity contribution in [2.75, 3.05) is 5.33 Å². The fourth-order valence-corrected chi connectivity index (χ4v) is 2.23. The van der Waals surface area contributed by atoms with Gasteiger partial charge in [0.25, 0.3) is 0 Å². The molecule has 0 radical (unpaired) electrons. The van der Waals surface area contributed by atoms with Crippen LogP contribution in [0.5, 0.6) is 5.75 Å². The SMILES string of the molecule is Cc1cnc(COc2ccc(C(=O)CBr)c(C)c2)c(F)c1. The van der Waals surface area contributed by atoms with E-state index in [4.69, 9.17) is 4.74 Å². The van der Waals surface area contributed by atoms with Crippen LogP contribution in [-0.4, -0.2) is 16.1 Å². The fourth-order valence-electron chi connectivity index (χ4n) is 1.93. The molecule has 5 heteroatoms. The number of rotatable bonds is 5. The molecule has 0 aliphatic carbocycles. The van der Waals surface area contributed by atoms with Gasteiger partial charge >= 0.3 is 0 Å². The van der Waals surface area contributed by atoms with E-state index in [1.54, 1.807) is 31.3 Å². The number of aromatic nitrogens is 1. The van der Waals surface area contributed by atoms with Crippen molar-refractivity contribution in [1.29, 1.82) is 0 Å². The summed E-state index contributed by atoms with van der Waals surface area (Å²) in [6.07, 6.45) is 1.60. The highest BCUT2D eigenvalue weighted by Gasteiger charge is 2.09. The molecule has 0 N–H and O–H groups in total. The summed E-state index contributed by atoms with van der Waals surface area (Å²) in [5.41, 5.74) is 2.51. The number of pyridine rings is 1. The Morgan fingerprint density at radius 2 is 2.10 bits per heavy atom. The van der Waals surface area contributed by atoms with Crippen molar-refractivity contribution in [2.45, 2.75) is 20.5 Å². The van der Waals surface area contributed by atoms with Crippen LogP contribution in [0.4, 0.5) is 4.39 Å². The van der Waals surface area contributed by atoms with E-state index in [2.05, 4.69) is 20.9 Å². The van der Waals surface area contributed by atoms with Gasteiger partial charge in [-0.25, -0.2) is 4.39 Å². The molecule has 0 fully saturated rings. The van der Waals surface area contributed by atoms with Gasteiger partial charge in [-0.3, -0.25) is 9.78 Å². The van der Waals surface area contributed by atoms with E-state index in [0.717, 1.165) is 11.1 Å². The molecule has 0 atom stereocenters. The lowest BCUT2D eigenvalue weighted by atomic mass is 10.1. The Hall–Kier alpha value is -1.75. The molecule has 2 rings (SSSR count). The van der Waals surface area contributed by atoms with Crippen molar-refractivity contribution in [1.82, 2.24) is 4.98 Å². The summed E-state index contributed by atoms with van der Waals surface area (Å²) >= 11 is 3.15. The molecule has 0 spiro atoms. The number of nitrogens with zero attached hydrogens (tertiary/aromatic N) is 1. The first-order chi connectivity index (χ1) is 10.0. The number of hydrogen-bond acceptors (Lipinski definition) is 3. The maximum absolute atomic E-state index is 13.7. The first-order valence-corrected chi connectivity index (χ1v) is 7.57. The highest BCUT2D eigenvalue weighted by atomic mass is 79.9. The molecule has 110 valence electrons. The number of benzene rings is 1. The van der Waals surface area contributed by atoms with Crippen LogP contribution in [-0.2, 0) is 6.61 Å². The van der Waals surface area contributed by atoms with Gasteiger partial charge in [0.1, 0.15) is 23.9 Å². The molecule has 3 nitrogen and oxygen atoms in total. The summed E-state index contributed by atoms with van der Waals surface area (Å²) in [4.78, 5) is 15.7. The molecule has 0 bridgehead atoms. The molecule has 0 aliphatic heterocycles. The van der Waals surface area contributed by atoms with Crippen LogP contribution < -0.4 is 4.74 Å². The van der Waals surface area contributed by atoms with Crippen molar-refractivity contribution in [2.24, 2.45) is 0 Å². The van der Waals surface area contributed by atoms with Crippen LogP contribution in [0.3, 0.4) is 0 Å². The van der Waals surface area contributed by atoms with Gasteiger partial charge < -0.3 is 4.74 Å². The molecule has 0 saturated carbocycles. The molecule has 0 amide bonds. The van der Waals surface area contributed by atoms with Gasteiger partial charge in [-0.2, -0.15) is 0 Å². The summed E-state index contributed by atoms with van der Waals surface area (Å²) in [6.45, 7) is 3.68. The van der Waals surface area contributed by atoms with Gasteiger partial charge in [-0.05, 0) is 49.2 Å². The summed E-state index contributed by atoms with van der Waals surface area (Å²) in [5.74, 6) is 0.225. The number of alkyl halides is 1. The average molecular weight is 352 g/mol. The van der Waals surface area contributed by atoms with Crippen LogP contribution >= 0.6 is 15.9 Å². The Labute approximate surface area is 131 Å². The van der Waals surface area contributed by atoms with Gasteiger partial charge in [0.2, 0.25) is 0 Å². The van der Waals surface area contributed by atoms with Crippen molar-refractivity contribution in [3.63, 3.8) is 0 Å². The lowest BCUT2D eigenvalue weighted by Crippen LogP contribution is -2.05. The molecule has 0 saturated heterocycles. The highest BCUT2D eigenvalue weighted by Crippen LogP contribution is 2.19. The minimum absolute atomic E-state index is 0.0188. The van der Waals surface area contributed by atoms with Crippen molar-refractivity contribution < 1.29 is 13.9 Å². The summed E-state index contributed by atoms with van der Waals surface area (Å²) in [5, 5.41) is 0.284. The first-order valence-electron chi connectivity index (χ1n) is 6.45. The van der Waals surface area contributed by atoms with Gasteiger partial charge in [-0.1, -0.05) is 15.9 Å². The van der Waals surface area contributed by atoms with Gasteiger partial charge in [-0.15, -0.1) is 0 Å². The average Bonchev–Trinajstić information content (AvgIpc) is 2.45. The third-order valence-corrected chi connectivity index (χ3v) is 3.56. The van der Waals surface area contributed by atoms with Crippen LogP contribution in [0.2, 0.25) is 0 Å². The van der Waals surface area contributed by atoms with E-state index >= 15 is 0 Å². The Kier molecular flexibility index (Phi) is 5.07. The Bertz CT molecular complexity index is 673. The molecular weight excluding hydrogens is 337 g/mol. The van der Waals surface area contributed by atoms with Crippen LogP contribution in [0.1, 0.15) is 27.2 Å². The smallest absolute Gasteiger partial charge is 0.173 e. The monoisotopic (exact) mass is 351 g/mol. The van der Waals surface area contributed by atoms with E-state index in [9.17, 15) is 9.18 Å². The normalized spacial score (nSPS) is 10.5. The number of halogens is 2. The van der Waals surface area contributed by atoms with E-state index in [1.165, 1.54) is 6.07 Å². The second-order valence-electron chi connectivity index (χ2n) is 4.76. The molecular formula is C16H15BrFNO2. The van der Waals surface area contributed by atoms with Crippen LogP contribution in [0.25, 0.3) is 0 Å². The zero-order valence-electron chi connectivity index (χ0n) is 11.8. The zero-order valence-corrected chi connectivity index (χ0v) is 13.4. The molecule has 1 aromatic carbocycles. The van der Waals surface area contributed by atoms with E-state index < -0.39 is 0 Å². The molecule has 0 unspecified atom stereocenters. The lowest BCUT2D eigenvalue weighted by molar-refractivity contribution is 0.102. The molecule has 1 aromatic heterocycles. The van der Waals surface area contributed by atoms with E-state index in [-0.39, 0.29) is 29.2 Å². The van der Waals surface area contributed by atoms with Gasteiger partial charge in [0.15, 0.2) is 5.78 Å². The minimum Gasteiger partial charge on any atom is -0.487 e. The summed E-state index contributed by atoms with van der Waals surface area (Å²) in [7, 11) is 0. The van der Waals surface area contributed by atoms with E-state index in [1.807, 2.05) is 6.92 Å². The van der Waals surface area contributed by atoms with Crippen molar-refractivity contribution in [3.8, 4) is 5.75 Å². The predicted molar refractivity (Wildman–Crippen MR) is 82.6 cm³/mol. The number of carbonyl (C=O) groups excluding carboxylic acids is 1. The lowest BCUT2D eigenvalue weighted by Gasteiger charge is -2.09. The molecule has 0 aliphatic rings. The number of ether oxygens (including phenoxy) is 1. The standard InChI is InChI=1S/C16H15BrFNO2/c1-10-5-14(18)15(19-8-10)9-21-12-3-4-13(11(2)6-12)16(20)7-17/h3-6,8H,7,9H2,1-2H3. The van der Waals surface area contributed by atoms with Crippen molar-refractivity contribution >= 4 is 21.7 Å². The van der Waals surface area contributed by atoms with Crippen LogP contribution in [0.15, 0.2) is 30.5 Å². The molecule has 21 heavy (non-hydrogen) atoms. The van der Waals surface area contributed by atoms with Crippen molar-refractivity contribution in [3.05, 3.63) is 58.7 Å². The number of carbonyl (C=O) groups is 1. The largest absolute Gasteiger partial charge is 0.487 e. The topological polar surface area (TPSA) is 39.2 Å². The Morgan fingerprint density at radius 1 is 1.33 bits per heavy atom. The summed E-state index contributed by atoms with van der Waals surface area (Å²) < 4.78 is 19.2. The molecule has 2 aromatic rings.